The quantitative estimate of drug-likeness (QED) is 0.650. The molecule has 0 amide bonds. The molecule has 1 aliphatic heterocycles. The number of hydrogen-bond acceptors (Lipinski definition) is 5. The Morgan fingerprint density at radius 1 is 1.27 bits per heavy atom. The van der Waals surface area contributed by atoms with Crippen LogP contribution in [0.4, 0.5) is 5.82 Å². The van der Waals surface area contributed by atoms with E-state index in [4.69, 9.17) is 11.5 Å². The first-order chi connectivity index (χ1) is 12.7. The van der Waals surface area contributed by atoms with Crippen molar-refractivity contribution in [1.29, 1.82) is 0 Å². The second kappa shape index (κ2) is 6.93. The maximum Gasteiger partial charge on any atom is 0.332 e. The monoisotopic (exact) mass is 352 g/mol. The third kappa shape index (κ3) is 3.00. The maximum atomic E-state index is 12.5. The molecule has 0 aliphatic carbocycles. The van der Waals surface area contributed by atoms with Gasteiger partial charge in [-0.2, -0.15) is 0 Å². The lowest BCUT2D eigenvalue weighted by Crippen LogP contribution is -2.44. The summed E-state index contributed by atoms with van der Waals surface area (Å²) in [6.45, 7) is 2.10. The minimum Gasteiger partial charge on any atom is -0.356 e. The molecule has 0 radical (unpaired) electrons. The van der Waals surface area contributed by atoms with Gasteiger partial charge in [0, 0.05) is 50.1 Å². The van der Waals surface area contributed by atoms with Gasteiger partial charge in [0.05, 0.1) is 0 Å². The Labute approximate surface area is 151 Å². The van der Waals surface area contributed by atoms with Crippen LogP contribution in [0.1, 0.15) is 29.5 Å². The summed E-state index contributed by atoms with van der Waals surface area (Å²) < 4.78 is 1.56. The van der Waals surface area contributed by atoms with Gasteiger partial charge in [0.1, 0.15) is 11.5 Å². The molecular weight excluding hydrogens is 328 g/mol. The van der Waals surface area contributed by atoms with Crippen molar-refractivity contribution in [2.75, 3.05) is 18.0 Å². The molecular formula is C19H24N6O. The van der Waals surface area contributed by atoms with Crippen LogP contribution in [0.25, 0.3) is 5.65 Å². The van der Waals surface area contributed by atoms with Crippen molar-refractivity contribution in [3.05, 3.63) is 63.8 Å². The van der Waals surface area contributed by atoms with Crippen molar-refractivity contribution in [1.82, 2.24) is 14.4 Å². The molecule has 1 atom stereocenters. The zero-order valence-corrected chi connectivity index (χ0v) is 14.7. The first kappa shape index (κ1) is 16.8. The molecule has 7 nitrogen and oxygen atoms in total. The summed E-state index contributed by atoms with van der Waals surface area (Å²) >= 11 is 0. The highest BCUT2D eigenvalue weighted by molar-refractivity contribution is 5.63. The molecule has 1 aliphatic rings. The second-order valence-corrected chi connectivity index (χ2v) is 6.88. The fourth-order valence-electron chi connectivity index (χ4n) is 3.80. The van der Waals surface area contributed by atoms with E-state index in [0.717, 1.165) is 48.4 Å². The van der Waals surface area contributed by atoms with Crippen molar-refractivity contribution in [3.63, 3.8) is 0 Å². The predicted molar refractivity (Wildman–Crippen MR) is 102 cm³/mol. The summed E-state index contributed by atoms with van der Waals surface area (Å²) in [5.74, 6) is 0.829. The second-order valence-electron chi connectivity index (χ2n) is 6.88. The Morgan fingerprint density at radius 2 is 2.08 bits per heavy atom. The van der Waals surface area contributed by atoms with Gasteiger partial charge in [0.15, 0.2) is 0 Å². The molecule has 0 bridgehead atoms. The van der Waals surface area contributed by atoms with E-state index in [0.29, 0.717) is 18.6 Å². The number of aromatic amines is 1. The molecule has 1 aromatic carbocycles. The highest BCUT2D eigenvalue weighted by atomic mass is 16.1. The Bertz CT molecular complexity index is 976. The first-order valence-electron chi connectivity index (χ1n) is 9.03. The zero-order chi connectivity index (χ0) is 18.1. The van der Waals surface area contributed by atoms with Gasteiger partial charge in [-0.25, -0.2) is 9.78 Å². The SMILES string of the molecule is NCc1ccccc1Cc1c(N2CCCC(N)C2)[nH]c(=O)n2ccnc12. The van der Waals surface area contributed by atoms with Crippen molar-refractivity contribution in [3.8, 4) is 0 Å². The number of nitrogens with two attached hydrogens (primary N) is 2. The Morgan fingerprint density at radius 3 is 2.85 bits per heavy atom. The maximum absolute atomic E-state index is 12.5. The van der Waals surface area contributed by atoms with Crippen LogP contribution in [0.3, 0.4) is 0 Å². The van der Waals surface area contributed by atoms with Gasteiger partial charge in [0.2, 0.25) is 0 Å². The van der Waals surface area contributed by atoms with Gasteiger partial charge in [-0.3, -0.25) is 9.38 Å². The molecule has 26 heavy (non-hydrogen) atoms. The van der Waals surface area contributed by atoms with Crippen LogP contribution in [0.15, 0.2) is 41.5 Å². The number of nitrogens with zero attached hydrogens (tertiary/aromatic N) is 3. The molecule has 5 N–H and O–H groups in total. The molecule has 1 unspecified atom stereocenters. The number of H-pyrrole nitrogens is 1. The normalized spacial score (nSPS) is 17.8. The fourth-order valence-corrected chi connectivity index (χ4v) is 3.80. The lowest BCUT2D eigenvalue weighted by Gasteiger charge is -2.33. The third-order valence-corrected chi connectivity index (χ3v) is 5.12. The molecule has 4 rings (SSSR count). The van der Waals surface area contributed by atoms with Crippen LogP contribution in [0.2, 0.25) is 0 Å². The number of rotatable bonds is 4. The van der Waals surface area contributed by atoms with Crippen molar-refractivity contribution >= 4 is 11.5 Å². The van der Waals surface area contributed by atoms with E-state index in [9.17, 15) is 4.79 Å². The summed E-state index contributed by atoms with van der Waals surface area (Å²) in [6.07, 6.45) is 6.04. The number of nitrogens with one attached hydrogen (secondary N) is 1. The predicted octanol–water partition coefficient (Wildman–Crippen LogP) is 1.000. The van der Waals surface area contributed by atoms with Crippen molar-refractivity contribution in [2.45, 2.75) is 31.8 Å². The van der Waals surface area contributed by atoms with Crippen molar-refractivity contribution in [2.24, 2.45) is 11.5 Å². The van der Waals surface area contributed by atoms with Crippen LogP contribution in [0.5, 0.6) is 0 Å². The van der Waals surface area contributed by atoms with Gasteiger partial charge in [-0.15, -0.1) is 0 Å². The van der Waals surface area contributed by atoms with Gasteiger partial charge in [-0.1, -0.05) is 24.3 Å². The van der Waals surface area contributed by atoms with Crippen LogP contribution in [-0.4, -0.2) is 33.5 Å². The van der Waals surface area contributed by atoms with E-state index < -0.39 is 0 Å². The van der Waals surface area contributed by atoms with Crippen molar-refractivity contribution < 1.29 is 0 Å². The van der Waals surface area contributed by atoms with E-state index in [-0.39, 0.29) is 11.7 Å². The third-order valence-electron chi connectivity index (χ3n) is 5.12. The van der Waals surface area contributed by atoms with Crippen LogP contribution in [-0.2, 0) is 13.0 Å². The summed E-state index contributed by atoms with van der Waals surface area (Å²) in [6, 6.07) is 8.25. The molecule has 3 heterocycles. The van der Waals surface area contributed by atoms with Crippen LogP contribution < -0.4 is 22.1 Å². The lowest BCUT2D eigenvalue weighted by molar-refractivity contribution is 0.501. The highest BCUT2D eigenvalue weighted by Crippen LogP contribution is 2.26. The largest absolute Gasteiger partial charge is 0.356 e. The van der Waals surface area contributed by atoms with E-state index in [1.165, 1.54) is 0 Å². The number of benzene rings is 1. The Kier molecular flexibility index (Phi) is 4.48. The lowest BCUT2D eigenvalue weighted by atomic mass is 9.99. The number of piperidine rings is 1. The average molecular weight is 352 g/mol. The highest BCUT2D eigenvalue weighted by Gasteiger charge is 2.23. The molecule has 0 saturated carbocycles. The molecule has 2 aromatic heterocycles. The number of imidazole rings is 1. The van der Waals surface area contributed by atoms with Gasteiger partial charge >= 0.3 is 5.69 Å². The molecule has 1 saturated heterocycles. The number of aromatic nitrogens is 3. The molecule has 3 aromatic rings. The molecule has 0 spiro atoms. The van der Waals surface area contributed by atoms with E-state index >= 15 is 0 Å². The smallest absolute Gasteiger partial charge is 0.332 e. The Hall–Kier alpha value is -2.64. The summed E-state index contributed by atoms with van der Waals surface area (Å²) in [5.41, 5.74) is 15.8. The van der Waals surface area contributed by atoms with Gasteiger partial charge in [0.25, 0.3) is 0 Å². The zero-order valence-electron chi connectivity index (χ0n) is 14.7. The number of hydrogen-bond donors (Lipinski definition) is 3. The molecule has 7 heteroatoms. The first-order valence-corrected chi connectivity index (χ1v) is 9.03. The fraction of sp³-hybridized carbons (Fsp3) is 0.368. The summed E-state index contributed by atoms with van der Waals surface area (Å²) in [7, 11) is 0. The topological polar surface area (TPSA) is 105 Å². The van der Waals surface area contributed by atoms with Crippen LogP contribution >= 0.6 is 0 Å². The van der Waals surface area contributed by atoms with Gasteiger partial charge < -0.3 is 16.4 Å². The summed E-state index contributed by atoms with van der Waals surface area (Å²) in [4.78, 5) is 22.2. The van der Waals surface area contributed by atoms with E-state index in [2.05, 4.69) is 20.9 Å². The standard InChI is InChI=1S/C19H24N6O/c20-11-14-5-2-1-4-13(14)10-16-17-22-7-9-25(17)19(26)23-18(16)24-8-3-6-15(21)12-24/h1-2,4-5,7,9,15H,3,6,8,10-12,20-21H2,(H,23,26). The van der Waals surface area contributed by atoms with E-state index in [1.807, 2.05) is 18.2 Å². The van der Waals surface area contributed by atoms with Gasteiger partial charge in [-0.05, 0) is 24.0 Å². The Balaban J connectivity index is 1.85. The van der Waals surface area contributed by atoms with E-state index in [1.54, 1.807) is 16.8 Å². The molecule has 1 fully saturated rings. The number of anilines is 1. The minimum atomic E-state index is -0.178. The van der Waals surface area contributed by atoms with Crippen LogP contribution in [0, 0.1) is 0 Å². The molecule has 136 valence electrons. The summed E-state index contributed by atoms with van der Waals surface area (Å²) in [5, 5.41) is 0. The average Bonchev–Trinajstić information content (AvgIpc) is 3.15. The minimum absolute atomic E-state index is 0.118. The number of fused-ring (bicyclic) bond motifs is 1.